The number of benzene rings is 2. The first-order valence-corrected chi connectivity index (χ1v) is 10.3. The van der Waals surface area contributed by atoms with Crippen molar-refractivity contribution in [2.24, 2.45) is 0 Å². The molecule has 2 aromatic rings. The standard InChI is InChI=1S/C20H22ClNO4S/c1-4-16(20(23)26-5-2)14-22(18-10-8-17(21)9-11-18)27(24,25)19-12-6-15(3)7-13-19/h4,6-13H,5,14H2,1-3H3/b16-4-. The molecule has 0 fully saturated rings. The predicted molar refractivity (Wildman–Crippen MR) is 108 cm³/mol. The highest BCUT2D eigenvalue weighted by Crippen LogP contribution is 2.26. The number of allylic oxidation sites excluding steroid dienone is 1. The van der Waals surface area contributed by atoms with Gasteiger partial charge in [-0.25, -0.2) is 13.2 Å². The Labute approximate surface area is 165 Å². The van der Waals surface area contributed by atoms with Gasteiger partial charge in [-0.3, -0.25) is 4.31 Å². The molecule has 0 heterocycles. The molecule has 0 bridgehead atoms. The monoisotopic (exact) mass is 407 g/mol. The molecule has 5 nitrogen and oxygen atoms in total. The van der Waals surface area contributed by atoms with Gasteiger partial charge < -0.3 is 4.74 Å². The maximum absolute atomic E-state index is 13.3. The highest BCUT2D eigenvalue weighted by molar-refractivity contribution is 7.92. The molecule has 0 unspecified atom stereocenters. The number of aryl methyl sites for hydroxylation is 1. The Morgan fingerprint density at radius 1 is 1.11 bits per heavy atom. The molecule has 0 N–H and O–H groups in total. The molecule has 0 aromatic heterocycles. The summed E-state index contributed by atoms with van der Waals surface area (Å²) in [5.74, 6) is -0.543. The van der Waals surface area contributed by atoms with Crippen LogP contribution in [0.2, 0.25) is 5.02 Å². The molecule has 2 rings (SSSR count). The van der Waals surface area contributed by atoms with E-state index in [0.717, 1.165) is 5.56 Å². The number of halogens is 1. The van der Waals surface area contributed by atoms with Crippen LogP contribution in [0.4, 0.5) is 5.69 Å². The van der Waals surface area contributed by atoms with E-state index in [1.807, 2.05) is 6.92 Å². The minimum atomic E-state index is -3.90. The van der Waals surface area contributed by atoms with Gasteiger partial charge in [0.05, 0.1) is 29.3 Å². The molecule has 0 aliphatic carbocycles. The van der Waals surface area contributed by atoms with E-state index < -0.39 is 16.0 Å². The molecule has 7 heteroatoms. The smallest absolute Gasteiger partial charge is 0.335 e. The fraction of sp³-hybridized carbons (Fsp3) is 0.250. The summed E-state index contributed by atoms with van der Waals surface area (Å²) in [5, 5.41) is 0.489. The van der Waals surface area contributed by atoms with Crippen LogP contribution in [0, 0.1) is 6.92 Å². The molecule has 0 aliphatic heterocycles. The first-order chi connectivity index (χ1) is 12.8. The number of nitrogens with zero attached hydrogens (tertiary/aromatic N) is 1. The van der Waals surface area contributed by atoms with Crippen molar-refractivity contribution in [1.82, 2.24) is 0 Å². The summed E-state index contributed by atoms with van der Waals surface area (Å²) in [6.45, 7) is 5.32. The van der Waals surface area contributed by atoms with E-state index in [1.54, 1.807) is 68.5 Å². The van der Waals surface area contributed by atoms with Crippen LogP contribution in [0.3, 0.4) is 0 Å². The third-order valence-corrected chi connectivity index (χ3v) is 5.96. The molecular formula is C20H22ClNO4S. The zero-order valence-corrected chi connectivity index (χ0v) is 17.0. The van der Waals surface area contributed by atoms with Crippen LogP contribution in [0.1, 0.15) is 19.4 Å². The Kier molecular flexibility index (Phi) is 7.05. The number of sulfonamides is 1. The topological polar surface area (TPSA) is 63.7 Å². The lowest BCUT2D eigenvalue weighted by molar-refractivity contribution is -0.138. The molecule has 0 spiro atoms. The van der Waals surface area contributed by atoms with E-state index in [2.05, 4.69) is 0 Å². The second kappa shape index (κ2) is 9.06. The van der Waals surface area contributed by atoms with Gasteiger partial charge >= 0.3 is 5.97 Å². The second-order valence-corrected chi connectivity index (χ2v) is 8.13. The van der Waals surface area contributed by atoms with Crippen LogP contribution < -0.4 is 4.31 Å². The zero-order chi connectivity index (χ0) is 20.0. The first kappa shape index (κ1) is 21.0. The van der Waals surface area contributed by atoms with Gasteiger partial charge in [-0.1, -0.05) is 35.4 Å². The van der Waals surface area contributed by atoms with Gasteiger partial charge in [-0.2, -0.15) is 0 Å². The van der Waals surface area contributed by atoms with Crippen molar-refractivity contribution in [1.29, 1.82) is 0 Å². The maximum atomic E-state index is 13.3. The van der Waals surface area contributed by atoms with Crippen molar-refractivity contribution in [2.45, 2.75) is 25.7 Å². The summed E-state index contributed by atoms with van der Waals surface area (Å²) in [7, 11) is -3.90. The molecule has 0 atom stereocenters. The van der Waals surface area contributed by atoms with E-state index in [4.69, 9.17) is 16.3 Å². The van der Waals surface area contributed by atoms with E-state index in [9.17, 15) is 13.2 Å². The van der Waals surface area contributed by atoms with Crippen LogP contribution >= 0.6 is 11.6 Å². The van der Waals surface area contributed by atoms with Crippen molar-refractivity contribution in [3.63, 3.8) is 0 Å². The van der Waals surface area contributed by atoms with Crippen LogP contribution in [0.15, 0.2) is 65.1 Å². The van der Waals surface area contributed by atoms with Crippen LogP contribution in [-0.2, 0) is 19.6 Å². The highest BCUT2D eigenvalue weighted by Gasteiger charge is 2.27. The van der Waals surface area contributed by atoms with Crippen molar-refractivity contribution in [2.75, 3.05) is 17.5 Å². The Morgan fingerprint density at radius 3 is 2.22 bits per heavy atom. The summed E-state index contributed by atoms with van der Waals surface area (Å²) in [6, 6.07) is 13.0. The largest absolute Gasteiger partial charge is 0.463 e. The molecule has 2 aromatic carbocycles. The maximum Gasteiger partial charge on any atom is 0.335 e. The van der Waals surface area contributed by atoms with Crippen molar-refractivity contribution in [3.05, 3.63) is 70.8 Å². The summed E-state index contributed by atoms with van der Waals surface area (Å²) < 4.78 is 32.8. The second-order valence-electron chi connectivity index (χ2n) is 5.84. The van der Waals surface area contributed by atoms with Crippen molar-refractivity contribution in [3.8, 4) is 0 Å². The lowest BCUT2D eigenvalue weighted by Crippen LogP contribution is -2.34. The number of carbonyl (C=O) groups excluding carboxylic acids is 1. The average molecular weight is 408 g/mol. The fourth-order valence-electron chi connectivity index (χ4n) is 2.41. The number of hydrogen-bond acceptors (Lipinski definition) is 4. The van der Waals surface area contributed by atoms with Crippen LogP contribution in [0.5, 0.6) is 0 Å². The predicted octanol–water partition coefficient (Wildman–Crippen LogP) is 4.35. The summed E-state index contributed by atoms with van der Waals surface area (Å²) in [6.07, 6.45) is 1.56. The lowest BCUT2D eigenvalue weighted by atomic mass is 10.2. The quantitative estimate of drug-likeness (QED) is 0.505. The minimum absolute atomic E-state index is 0.141. The summed E-state index contributed by atoms with van der Waals surface area (Å²) in [4.78, 5) is 12.3. The third kappa shape index (κ3) is 5.11. The number of hydrogen-bond donors (Lipinski definition) is 0. The third-order valence-electron chi connectivity index (χ3n) is 3.92. The van der Waals surface area contributed by atoms with Gasteiger partial charge in [0.2, 0.25) is 0 Å². The highest BCUT2D eigenvalue weighted by atomic mass is 35.5. The molecule has 0 amide bonds. The van der Waals surface area contributed by atoms with Gasteiger partial charge in [0, 0.05) is 5.02 Å². The Hall–Kier alpha value is -2.31. The van der Waals surface area contributed by atoms with Crippen molar-refractivity contribution < 1.29 is 17.9 Å². The molecule has 0 aliphatic rings. The zero-order valence-electron chi connectivity index (χ0n) is 15.5. The molecule has 0 radical (unpaired) electrons. The fourth-order valence-corrected chi connectivity index (χ4v) is 3.98. The van der Waals surface area contributed by atoms with Crippen LogP contribution in [-0.4, -0.2) is 27.5 Å². The Morgan fingerprint density at radius 2 is 1.70 bits per heavy atom. The molecule has 0 saturated carbocycles. The number of rotatable bonds is 7. The van der Waals surface area contributed by atoms with Crippen molar-refractivity contribution >= 4 is 33.3 Å². The summed E-state index contributed by atoms with van der Waals surface area (Å²) >= 11 is 5.94. The van der Waals surface area contributed by atoms with Gasteiger partial charge in [0.1, 0.15) is 0 Å². The number of ether oxygens (including phenoxy) is 1. The minimum Gasteiger partial charge on any atom is -0.463 e. The van der Waals surface area contributed by atoms with Gasteiger partial charge in [-0.15, -0.1) is 0 Å². The number of carbonyl (C=O) groups is 1. The molecular weight excluding hydrogens is 386 g/mol. The lowest BCUT2D eigenvalue weighted by Gasteiger charge is -2.25. The molecule has 144 valence electrons. The molecule has 27 heavy (non-hydrogen) atoms. The van der Waals surface area contributed by atoms with Gasteiger partial charge in [0.25, 0.3) is 10.0 Å². The van der Waals surface area contributed by atoms with E-state index >= 15 is 0 Å². The number of anilines is 1. The SMILES string of the molecule is C/C=C(/CN(c1ccc(Cl)cc1)S(=O)(=O)c1ccc(C)cc1)C(=O)OCC. The number of esters is 1. The Bertz CT molecular complexity index is 919. The Balaban J connectivity index is 2.51. The molecule has 0 saturated heterocycles. The van der Waals surface area contributed by atoms with E-state index in [1.165, 1.54) is 4.31 Å². The van der Waals surface area contributed by atoms with Gasteiger partial charge in [-0.05, 0) is 57.2 Å². The van der Waals surface area contributed by atoms with Gasteiger partial charge in [0.15, 0.2) is 0 Å². The average Bonchev–Trinajstić information content (AvgIpc) is 2.64. The normalized spacial score (nSPS) is 11.9. The first-order valence-electron chi connectivity index (χ1n) is 8.47. The summed E-state index contributed by atoms with van der Waals surface area (Å²) in [5.41, 5.74) is 1.61. The van der Waals surface area contributed by atoms with Crippen LogP contribution in [0.25, 0.3) is 0 Å². The van der Waals surface area contributed by atoms with E-state index in [-0.39, 0.29) is 23.6 Å². The van der Waals surface area contributed by atoms with E-state index in [0.29, 0.717) is 10.7 Å².